The van der Waals surface area contributed by atoms with Crippen LogP contribution in [0.3, 0.4) is 0 Å². The Morgan fingerprint density at radius 3 is 2.47 bits per heavy atom. The molecule has 4 rings (SSSR count). The van der Waals surface area contributed by atoms with Crippen LogP contribution in [0.5, 0.6) is 5.75 Å². The van der Waals surface area contributed by atoms with Gasteiger partial charge < -0.3 is 5.11 Å². The van der Waals surface area contributed by atoms with Gasteiger partial charge in [-0.2, -0.15) is 5.10 Å². The second-order valence-corrected chi connectivity index (χ2v) is 10.1. The van der Waals surface area contributed by atoms with E-state index < -0.39 is 22.5 Å². The van der Waals surface area contributed by atoms with Crippen molar-refractivity contribution in [1.82, 2.24) is 5.43 Å². The number of nitrogens with one attached hydrogen (secondary N) is 1. The van der Waals surface area contributed by atoms with Gasteiger partial charge in [0.15, 0.2) is 0 Å². The summed E-state index contributed by atoms with van der Waals surface area (Å²) in [6.07, 6.45) is 1.34. The number of carbonyl (C=O) groups excluding carboxylic acids is 1. The molecule has 0 unspecified atom stereocenters. The van der Waals surface area contributed by atoms with Crippen LogP contribution in [0.25, 0.3) is 10.8 Å². The van der Waals surface area contributed by atoms with Crippen LogP contribution >= 0.6 is 15.9 Å². The zero-order valence-corrected chi connectivity index (χ0v) is 20.2. The number of hydrogen-bond acceptors (Lipinski definition) is 5. The van der Waals surface area contributed by atoms with Crippen molar-refractivity contribution in [3.63, 3.8) is 0 Å². The number of aromatic hydroxyl groups is 1. The SMILES string of the molecule is O=C(CN(c1cccc(Br)c1)S(=O)(=O)c1ccccc1)N/N=C\c1c(O)ccc2ccccc12. The first-order valence-electron chi connectivity index (χ1n) is 10.2. The summed E-state index contributed by atoms with van der Waals surface area (Å²) in [6, 6.07) is 25.3. The molecule has 34 heavy (non-hydrogen) atoms. The maximum atomic E-state index is 13.3. The van der Waals surface area contributed by atoms with Gasteiger partial charge in [0.2, 0.25) is 0 Å². The van der Waals surface area contributed by atoms with Crippen LogP contribution in [-0.2, 0) is 14.8 Å². The Labute approximate surface area is 205 Å². The highest BCUT2D eigenvalue weighted by Gasteiger charge is 2.27. The topological polar surface area (TPSA) is 99.1 Å². The lowest BCUT2D eigenvalue weighted by atomic mass is 10.0. The zero-order chi connectivity index (χ0) is 24.1. The number of hydrazone groups is 1. The van der Waals surface area contributed by atoms with Crippen molar-refractivity contribution in [2.45, 2.75) is 4.90 Å². The lowest BCUT2D eigenvalue weighted by Gasteiger charge is -2.23. The molecule has 2 N–H and O–H groups in total. The van der Waals surface area contributed by atoms with E-state index >= 15 is 0 Å². The number of hydrogen-bond donors (Lipinski definition) is 2. The predicted octanol–water partition coefficient (Wildman–Crippen LogP) is 4.65. The van der Waals surface area contributed by atoms with Crippen LogP contribution in [-0.4, -0.2) is 32.2 Å². The highest BCUT2D eigenvalue weighted by atomic mass is 79.9. The summed E-state index contributed by atoms with van der Waals surface area (Å²) in [7, 11) is -4.02. The normalized spacial score (nSPS) is 11.6. The summed E-state index contributed by atoms with van der Waals surface area (Å²) in [5.74, 6) is -0.630. The Morgan fingerprint density at radius 1 is 0.971 bits per heavy atom. The fourth-order valence-corrected chi connectivity index (χ4v) is 5.24. The van der Waals surface area contributed by atoms with Crippen molar-refractivity contribution in [3.8, 4) is 5.75 Å². The number of carbonyl (C=O) groups is 1. The number of sulfonamides is 1. The van der Waals surface area contributed by atoms with Gasteiger partial charge in [-0.25, -0.2) is 13.8 Å². The van der Waals surface area contributed by atoms with Crippen LogP contribution in [0.1, 0.15) is 5.56 Å². The van der Waals surface area contributed by atoms with Gasteiger partial charge in [0.05, 0.1) is 16.8 Å². The first-order valence-corrected chi connectivity index (χ1v) is 12.5. The number of halogens is 1. The second kappa shape index (κ2) is 10.1. The lowest BCUT2D eigenvalue weighted by molar-refractivity contribution is -0.119. The molecule has 0 aliphatic heterocycles. The monoisotopic (exact) mass is 537 g/mol. The molecule has 1 amide bonds. The van der Waals surface area contributed by atoms with E-state index in [1.165, 1.54) is 18.3 Å². The molecule has 0 fully saturated rings. The molecule has 7 nitrogen and oxygen atoms in total. The van der Waals surface area contributed by atoms with Gasteiger partial charge in [0.25, 0.3) is 15.9 Å². The number of amides is 1. The molecule has 0 spiro atoms. The van der Waals surface area contributed by atoms with Crippen molar-refractivity contribution in [1.29, 1.82) is 0 Å². The van der Waals surface area contributed by atoms with E-state index in [-0.39, 0.29) is 10.6 Å². The van der Waals surface area contributed by atoms with Crippen LogP contribution in [0.2, 0.25) is 0 Å². The Morgan fingerprint density at radius 2 is 1.71 bits per heavy atom. The fourth-order valence-electron chi connectivity index (χ4n) is 3.42. The quantitative estimate of drug-likeness (QED) is 0.264. The minimum atomic E-state index is -4.02. The maximum absolute atomic E-state index is 13.3. The number of anilines is 1. The van der Waals surface area contributed by atoms with Crippen molar-refractivity contribution in [2.75, 3.05) is 10.8 Å². The van der Waals surface area contributed by atoms with Gasteiger partial charge in [-0.05, 0) is 47.2 Å². The average molecular weight is 538 g/mol. The van der Waals surface area contributed by atoms with Crippen LogP contribution < -0.4 is 9.73 Å². The largest absolute Gasteiger partial charge is 0.507 e. The van der Waals surface area contributed by atoms with Gasteiger partial charge in [0.1, 0.15) is 12.3 Å². The van der Waals surface area contributed by atoms with Gasteiger partial charge in [-0.3, -0.25) is 9.10 Å². The first kappa shape index (κ1) is 23.5. The van der Waals surface area contributed by atoms with Crippen molar-refractivity contribution < 1.29 is 18.3 Å². The minimum absolute atomic E-state index is 0.0131. The fraction of sp³-hybridized carbons (Fsp3) is 0.0400. The summed E-state index contributed by atoms with van der Waals surface area (Å²) >= 11 is 3.34. The van der Waals surface area contributed by atoms with Gasteiger partial charge in [-0.15, -0.1) is 0 Å². The second-order valence-electron chi connectivity index (χ2n) is 7.32. The number of nitrogens with zero attached hydrogens (tertiary/aromatic N) is 2. The lowest BCUT2D eigenvalue weighted by Crippen LogP contribution is -2.39. The highest BCUT2D eigenvalue weighted by Crippen LogP contribution is 2.27. The van der Waals surface area contributed by atoms with E-state index in [2.05, 4.69) is 26.5 Å². The number of fused-ring (bicyclic) bond motifs is 1. The van der Waals surface area contributed by atoms with Crippen LogP contribution in [0.4, 0.5) is 5.69 Å². The van der Waals surface area contributed by atoms with E-state index in [4.69, 9.17) is 0 Å². The molecule has 0 heterocycles. The van der Waals surface area contributed by atoms with E-state index in [9.17, 15) is 18.3 Å². The minimum Gasteiger partial charge on any atom is -0.507 e. The van der Waals surface area contributed by atoms with Crippen molar-refractivity contribution in [3.05, 3.63) is 101 Å². The molecule has 4 aromatic rings. The standard InChI is InChI=1S/C25H20BrN3O4S/c26-19-8-6-9-20(15-19)29(34(32,33)21-10-2-1-3-11-21)17-25(31)28-27-16-23-22-12-5-4-7-18(22)13-14-24(23)30/h1-16,30H,17H2,(H,28,31)/b27-16-. The molecule has 4 aromatic carbocycles. The van der Waals surface area contributed by atoms with Gasteiger partial charge in [-0.1, -0.05) is 70.5 Å². The molecule has 0 aliphatic rings. The zero-order valence-electron chi connectivity index (χ0n) is 17.8. The summed E-state index contributed by atoms with van der Waals surface area (Å²) < 4.78 is 28.3. The molecule has 0 aliphatic carbocycles. The van der Waals surface area contributed by atoms with Crippen molar-refractivity contribution in [2.24, 2.45) is 5.10 Å². The number of phenols is 1. The Hall–Kier alpha value is -3.69. The molecule has 9 heteroatoms. The molecule has 0 bridgehead atoms. The molecular formula is C25H20BrN3O4S. The van der Waals surface area contributed by atoms with Gasteiger partial charge in [0, 0.05) is 10.0 Å². The smallest absolute Gasteiger partial charge is 0.264 e. The molecule has 0 radical (unpaired) electrons. The Balaban J connectivity index is 1.59. The number of phenolic OH excluding ortho intramolecular Hbond substituents is 1. The molecule has 0 saturated heterocycles. The van der Waals surface area contributed by atoms with E-state index in [0.717, 1.165) is 15.1 Å². The van der Waals surface area contributed by atoms with Gasteiger partial charge >= 0.3 is 0 Å². The molecule has 172 valence electrons. The highest BCUT2D eigenvalue weighted by molar-refractivity contribution is 9.10. The third kappa shape index (κ3) is 5.11. The molecular weight excluding hydrogens is 518 g/mol. The Bertz CT molecular complexity index is 1470. The summed E-state index contributed by atoms with van der Waals surface area (Å²) in [5.41, 5.74) is 3.13. The van der Waals surface area contributed by atoms with E-state index in [0.29, 0.717) is 15.7 Å². The van der Waals surface area contributed by atoms with Crippen molar-refractivity contribution >= 4 is 54.5 Å². The molecule has 0 atom stereocenters. The maximum Gasteiger partial charge on any atom is 0.264 e. The summed E-state index contributed by atoms with van der Waals surface area (Å²) in [6.45, 7) is -0.494. The third-order valence-electron chi connectivity index (χ3n) is 5.05. The third-order valence-corrected chi connectivity index (χ3v) is 7.33. The first-order chi connectivity index (χ1) is 16.4. The Kier molecular flexibility index (Phi) is 6.95. The summed E-state index contributed by atoms with van der Waals surface area (Å²) in [5, 5.41) is 15.9. The predicted molar refractivity (Wildman–Crippen MR) is 136 cm³/mol. The number of benzene rings is 4. The molecule has 0 saturated carbocycles. The van der Waals surface area contributed by atoms with E-state index in [1.54, 1.807) is 54.6 Å². The average Bonchev–Trinajstić information content (AvgIpc) is 2.84. The van der Waals surface area contributed by atoms with Crippen LogP contribution in [0.15, 0.2) is 105 Å². The van der Waals surface area contributed by atoms with Crippen LogP contribution in [0, 0.1) is 0 Å². The number of rotatable bonds is 7. The summed E-state index contributed by atoms with van der Waals surface area (Å²) in [4.78, 5) is 12.8. The van der Waals surface area contributed by atoms with E-state index in [1.807, 2.05) is 24.3 Å². The molecule has 0 aromatic heterocycles.